The average molecular weight is 357 g/mol. The molecule has 0 unspecified atom stereocenters. The van der Waals surface area contributed by atoms with Gasteiger partial charge in [0.1, 0.15) is 11.3 Å². The summed E-state index contributed by atoms with van der Waals surface area (Å²) in [7, 11) is 0. The molecule has 0 bridgehead atoms. The normalized spacial score (nSPS) is 11.1. The summed E-state index contributed by atoms with van der Waals surface area (Å²) in [6.07, 6.45) is 0. The van der Waals surface area contributed by atoms with E-state index in [0.29, 0.717) is 21.6 Å². The maximum Gasteiger partial charge on any atom is 0.138 e. The number of nitrogens with zero attached hydrogens (tertiary/aromatic N) is 1. The van der Waals surface area contributed by atoms with Crippen molar-refractivity contribution >= 4 is 55.9 Å². The van der Waals surface area contributed by atoms with Gasteiger partial charge in [-0.1, -0.05) is 39.1 Å². The Labute approximate surface area is 127 Å². The summed E-state index contributed by atoms with van der Waals surface area (Å²) in [5.74, 6) is 0.707. The third kappa shape index (κ3) is 2.31. The van der Waals surface area contributed by atoms with E-state index >= 15 is 0 Å². The summed E-state index contributed by atoms with van der Waals surface area (Å²) in [6.45, 7) is 0. The van der Waals surface area contributed by atoms with Gasteiger partial charge in [0.15, 0.2) is 0 Å². The quantitative estimate of drug-likeness (QED) is 0.610. The number of benzene rings is 2. The van der Waals surface area contributed by atoms with Crippen molar-refractivity contribution in [3.8, 4) is 11.4 Å². The average Bonchev–Trinajstić information content (AvgIpc) is 2.76. The minimum absolute atomic E-state index is 0.494. The first-order valence-corrected chi connectivity index (χ1v) is 6.99. The maximum absolute atomic E-state index is 6.01. The molecule has 1 heterocycles. The van der Waals surface area contributed by atoms with Crippen LogP contribution < -0.4 is 5.73 Å². The van der Waals surface area contributed by atoms with Crippen LogP contribution >= 0.6 is 39.1 Å². The molecule has 3 aromatic rings. The van der Waals surface area contributed by atoms with Crippen molar-refractivity contribution in [2.75, 3.05) is 5.73 Å². The first-order valence-electron chi connectivity index (χ1n) is 5.45. The molecule has 0 aliphatic rings. The van der Waals surface area contributed by atoms with E-state index < -0.39 is 0 Å². The van der Waals surface area contributed by atoms with E-state index in [9.17, 15) is 0 Å². The van der Waals surface area contributed by atoms with E-state index in [-0.39, 0.29) is 0 Å². The number of halogens is 3. The molecule has 0 atom stereocenters. The second-order valence-electron chi connectivity index (χ2n) is 4.11. The number of aromatic amines is 1. The van der Waals surface area contributed by atoms with Crippen molar-refractivity contribution in [2.45, 2.75) is 0 Å². The van der Waals surface area contributed by atoms with Crippen molar-refractivity contribution in [3.63, 3.8) is 0 Å². The molecule has 0 radical (unpaired) electrons. The van der Waals surface area contributed by atoms with Gasteiger partial charge < -0.3 is 10.7 Å². The highest BCUT2D eigenvalue weighted by Crippen LogP contribution is 2.30. The van der Waals surface area contributed by atoms with Gasteiger partial charge in [0, 0.05) is 10.0 Å². The van der Waals surface area contributed by atoms with E-state index in [1.54, 1.807) is 12.1 Å². The zero-order valence-corrected chi connectivity index (χ0v) is 12.6. The van der Waals surface area contributed by atoms with Crippen LogP contribution in [0.1, 0.15) is 0 Å². The Morgan fingerprint density at radius 1 is 1.11 bits per heavy atom. The molecule has 6 heteroatoms. The molecule has 96 valence electrons. The smallest absolute Gasteiger partial charge is 0.138 e. The predicted molar refractivity (Wildman–Crippen MR) is 83.7 cm³/mol. The fourth-order valence-corrected chi connectivity index (χ4v) is 2.66. The van der Waals surface area contributed by atoms with Gasteiger partial charge in [-0.3, -0.25) is 0 Å². The molecule has 0 aliphatic carbocycles. The number of hydrogen-bond donors (Lipinski definition) is 2. The fourth-order valence-electron chi connectivity index (χ4n) is 1.89. The topological polar surface area (TPSA) is 54.7 Å². The molecular formula is C13H8BrCl2N3. The Morgan fingerprint density at radius 2 is 1.89 bits per heavy atom. The Balaban J connectivity index is 2.20. The molecule has 0 spiro atoms. The molecule has 2 aromatic carbocycles. The second kappa shape index (κ2) is 4.71. The Morgan fingerprint density at radius 3 is 2.63 bits per heavy atom. The summed E-state index contributed by atoms with van der Waals surface area (Å²) in [5.41, 5.74) is 9.03. The number of nitrogens with two attached hydrogens (primary N) is 1. The molecular weight excluding hydrogens is 349 g/mol. The number of H-pyrrole nitrogens is 1. The number of nitrogen functional groups attached to an aromatic ring is 1. The van der Waals surface area contributed by atoms with E-state index in [0.717, 1.165) is 21.1 Å². The van der Waals surface area contributed by atoms with Crippen molar-refractivity contribution < 1.29 is 0 Å². The Bertz CT molecular complexity index is 783. The summed E-state index contributed by atoms with van der Waals surface area (Å²) < 4.78 is 0.904. The van der Waals surface area contributed by atoms with E-state index in [2.05, 4.69) is 25.9 Å². The number of aromatic nitrogens is 2. The summed E-state index contributed by atoms with van der Waals surface area (Å²) in [6, 6.07) is 9.12. The van der Waals surface area contributed by atoms with Crippen LogP contribution in [0.25, 0.3) is 22.4 Å². The SMILES string of the molecule is Nc1cc(Br)cc2[nH]c(-c3ccc(Cl)c(Cl)c3)nc12. The number of fused-ring (bicyclic) bond motifs is 1. The molecule has 3 rings (SSSR count). The monoisotopic (exact) mass is 355 g/mol. The number of imidazole rings is 1. The Kier molecular flexibility index (Phi) is 3.17. The van der Waals surface area contributed by atoms with Gasteiger partial charge in [-0.25, -0.2) is 4.98 Å². The minimum Gasteiger partial charge on any atom is -0.397 e. The van der Waals surface area contributed by atoms with Crippen LogP contribution in [0.15, 0.2) is 34.8 Å². The largest absolute Gasteiger partial charge is 0.397 e. The van der Waals surface area contributed by atoms with Crippen LogP contribution in [-0.2, 0) is 0 Å². The molecule has 0 saturated heterocycles. The molecule has 3 nitrogen and oxygen atoms in total. The third-order valence-electron chi connectivity index (χ3n) is 2.77. The van der Waals surface area contributed by atoms with Crippen molar-refractivity contribution in [3.05, 3.63) is 44.8 Å². The van der Waals surface area contributed by atoms with Gasteiger partial charge in [-0.15, -0.1) is 0 Å². The molecule has 0 saturated carbocycles. The lowest BCUT2D eigenvalue weighted by atomic mass is 10.2. The van der Waals surface area contributed by atoms with Gasteiger partial charge in [0.25, 0.3) is 0 Å². The lowest BCUT2D eigenvalue weighted by Crippen LogP contribution is -1.86. The van der Waals surface area contributed by atoms with Crippen LogP contribution in [0.5, 0.6) is 0 Å². The molecule has 0 amide bonds. The number of nitrogens with one attached hydrogen (secondary N) is 1. The number of hydrogen-bond acceptors (Lipinski definition) is 2. The summed E-state index contributed by atoms with van der Waals surface area (Å²) in [4.78, 5) is 7.71. The van der Waals surface area contributed by atoms with Crippen LogP contribution in [0.3, 0.4) is 0 Å². The fraction of sp³-hybridized carbons (Fsp3) is 0. The van der Waals surface area contributed by atoms with Gasteiger partial charge in [0.05, 0.1) is 21.2 Å². The highest BCUT2D eigenvalue weighted by atomic mass is 79.9. The van der Waals surface area contributed by atoms with Gasteiger partial charge >= 0.3 is 0 Å². The maximum atomic E-state index is 6.01. The zero-order chi connectivity index (χ0) is 13.6. The lowest BCUT2D eigenvalue weighted by Gasteiger charge is -1.99. The summed E-state index contributed by atoms with van der Waals surface area (Å²) in [5, 5.41) is 1.01. The van der Waals surface area contributed by atoms with Crippen LogP contribution in [0.2, 0.25) is 10.0 Å². The Hall–Kier alpha value is -1.23. The van der Waals surface area contributed by atoms with Gasteiger partial charge in [0.2, 0.25) is 0 Å². The molecule has 0 aliphatic heterocycles. The van der Waals surface area contributed by atoms with Gasteiger partial charge in [-0.2, -0.15) is 0 Å². The van der Waals surface area contributed by atoms with Gasteiger partial charge in [-0.05, 0) is 30.3 Å². The standard InChI is InChI=1S/C13H8BrCl2N3/c14-7-4-10(17)12-11(5-7)18-13(19-12)6-1-2-8(15)9(16)3-6/h1-5H,17H2,(H,18,19). The van der Waals surface area contributed by atoms with Crippen molar-refractivity contribution in [1.29, 1.82) is 0 Å². The van der Waals surface area contributed by atoms with Crippen LogP contribution in [0.4, 0.5) is 5.69 Å². The third-order valence-corrected chi connectivity index (χ3v) is 3.97. The highest BCUT2D eigenvalue weighted by molar-refractivity contribution is 9.10. The van der Waals surface area contributed by atoms with E-state index in [1.165, 1.54) is 0 Å². The van der Waals surface area contributed by atoms with Crippen molar-refractivity contribution in [1.82, 2.24) is 9.97 Å². The second-order valence-corrected chi connectivity index (χ2v) is 5.84. The lowest BCUT2D eigenvalue weighted by molar-refractivity contribution is 1.34. The molecule has 3 N–H and O–H groups in total. The highest BCUT2D eigenvalue weighted by Gasteiger charge is 2.10. The molecule has 19 heavy (non-hydrogen) atoms. The molecule has 1 aromatic heterocycles. The first-order chi connectivity index (χ1) is 9.04. The van der Waals surface area contributed by atoms with E-state index in [1.807, 2.05) is 18.2 Å². The van der Waals surface area contributed by atoms with E-state index in [4.69, 9.17) is 28.9 Å². The van der Waals surface area contributed by atoms with Crippen molar-refractivity contribution in [2.24, 2.45) is 0 Å². The van der Waals surface area contributed by atoms with Crippen LogP contribution in [0, 0.1) is 0 Å². The zero-order valence-electron chi connectivity index (χ0n) is 9.55. The van der Waals surface area contributed by atoms with Crippen LogP contribution in [-0.4, -0.2) is 9.97 Å². The number of rotatable bonds is 1. The minimum atomic E-state index is 0.494. The molecule has 0 fully saturated rings. The first kappa shape index (κ1) is 12.8. The number of anilines is 1. The predicted octanol–water partition coefficient (Wildman–Crippen LogP) is 4.88. The summed E-state index contributed by atoms with van der Waals surface area (Å²) >= 11 is 15.3.